The van der Waals surface area contributed by atoms with Gasteiger partial charge in [0, 0.05) is 18.1 Å². The van der Waals surface area contributed by atoms with Crippen LogP contribution in [0.15, 0.2) is 24.3 Å². The van der Waals surface area contributed by atoms with Crippen molar-refractivity contribution in [3.8, 4) is 0 Å². The predicted octanol–water partition coefficient (Wildman–Crippen LogP) is 2.91. The van der Waals surface area contributed by atoms with Gasteiger partial charge in [0.05, 0.1) is 6.04 Å². The zero-order valence-corrected chi connectivity index (χ0v) is 11.9. The number of hydrogen-bond acceptors (Lipinski definition) is 2. The standard InChI is InChI=1S/C14H21ClN2O/c1-4-5-13(17-10(2)14(18)16-3)11-6-8-12(15)9-7-11/h6-10,13,17H,4-5H2,1-3H3,(H,16,18). The molecular weight excluding hydrogens is 248 g/mol. The van der Waals surface area contributed by atoms with E-state index in [4.69, 9.17) is 11.6 Å². The van der Waals surface area contributed by atoms with Gasteiger partial charge in [-0.2, -0.15) is 0 Å². The molecule has 0 aromatic heterocycles. The molecule has 0 aliphatic heterocycles. The average Bonchev–Trinajstić information content (AvgIpc) is 2.38. The molecule has 0 aliphatic carbocycles. The third-order valence-electron chi connectivity index (χ3n) is 2.94. The number of carbonyl (C=O) groups is 1. The first kappa shape index (κ1) is 15.0. The highest BCUT2D eigenvalue weighted by molar-refractivity contribution is 6.30. The van der Waals surface area contributed by atoms with Crippen LogP contribution in [0.25, 0.3) is 0 Å². The lowest BCUT2D eigenvalue weighted by molar-refractivity contribution is -0.122. The van der Waals surface area contributed by atoms with Crippen molar-refractivity contribution in [2.24, 2.45) is 0 Å². The van der Waals surface area contributed by atoms with E-state index in [9.17, 15) is 4.79 Å². The van der Waals surface area contributed by atoms with E-state index in [2.05, 4.69) is 17.6 Å². The third kappa shape index (κ3) is 4.31. The molecule has 18 heavy (non-hydrogen) atoms. The molecule has 100 valence electrons. The average molecular weight is 269 g/mol. The number of rotatable bonds is 6. The van der Waals surface area contributed by atoms with Crippen LogP contribution >= 0.6 is 11.6 Å². The van der Waals surface area contributed by atoms with Crippen molar-refractivity contribution >= 4 is 17.5 Å². The Morgan fingerprint density at radius 1 is 1.33 bits per heavy atom. The highest BCUT2D eigenvalue weighted by atomic mass is 35.5. The van der Waals surface area contributed by atoms with Crippen molar-refractivity contribution in [3.05, 3.63) is 34.9 Å². The molecule has 1 aromatic rings. The molecule has 0 spiro atoms. The zero-order valence-electron chi connectivity index (χ0n) is 11.2. The Morgan fingerprint density at radius 2 is 1.94 bits per heavy atom. The largest absolute Gasteiger partial charge is 0.358 e. The summed E-state index contributed by atoms with van der Waals surface area (Å²) in [6, 6.07) is 7.75. The molecule has 1 rings (SSSR count). The van der Waals surface area contributed by atoms with Gasteiger partial charge in [0.2, 0.25) is 5.91 Å². The summed E-state index contributed by atoms with van der Waals surface area (Å²) in [7, 11) is 1.65. The second kappa shape index (κ2) is 7.39. The Hall–Kier alpha value is -1.06. The van der Waals surface area contributed by atoms with Gasteiger partial charge in [-0.05, 0) is 31.0 Å². The summed E-state index contributed by atoms with van der Waals surface area (Å²) in [4.78, 5) is 11.5. The molecule has 2 atom stereocenters. The molecule has 0 aliphatic rings. The van der Waals surface area contributed by atoms with E-state index in [-0.39, 0.29) is 18.0 Å². The number of benzene rings is 1. The van der Waals surface area contributed by atoms with E-state index in [1.807, 2.05) is 31.2 Å². The van der Waals surface area contributed by atoms with Crippen LogP contribution < -0.4 is 10.6 Å². The van der Waals surface area contributed by atoms with E-state index in [0.717, 1.165) is 23.4 Å². The summed E-state index contributed by atoms with van der Waals surface area (Å²) in [5, 5.41) is 6.73. The summed E-state index contributed by atoms with van der Waals surface area (Å²) in [6.45, 7) is 4.01. The van der Waals surface area contributed by atoms with E-state index >= 15 is 0 Å². The monoisotopic (exact) mass is 268 g/mol. The van der Waals surface area contributed by atoms with Gasteiger partial charge in [0.1, 0.15) is 0 Å². The first-order valence-corrected chi connectivity index (χ1v) is 6.69. The number of likely N-dealkylation sites (N-methyl/N-ethyl adjacent to an activating group) is 1. The highest BCUT2D eigenvalue weighted by Crippen LogP contribution is 2.21. The topological polar surface area (TPSA) is 41.1 Å². The van der Waals surface area contributed by atoms with Crippen molar-refractivity contribution in [2.75, 3.05) is 7.05 Å². The van der Waals surface area contributed by atoms with Gasteiger partial charge in [0.25, 0.3) is 0 Å². The van der Waals surface area contributed by atoms with E-state index in [1.54, 1.807) is 7.05 Å². The molecule has 2 N–H and O–H groups in total. The quantitative estimate of drug-likeness (QED) is 0.833. The molecule has 0 heterocycles. The van der Waals surface area contributed by atoms with Crippen LogP contribution in [-0.2, 0) is 4.79 Å². The molecule has 1 aromatic carbocycles. The predicted molar refractivity (Wildman–Crippen MR) is 75.8 cm³/mol. The van der Waals surface area contributed by atoms with Gasteiger partial charge in [-0.1, -0.05) is 37.1 Å². The minimum atomic E-state index is -0.206. The Bertz CT molecular complexity index is 378. The van der Waals surface area contributed by atoms with Gasteiger partial charge >= 0.3 is 0 Å². The van der Waals surface area contributed by atoms with Crippen molar-refractivity contribution < 1.29 is 4.79 Å². The second-order valence-corrected chi connectivity index (χ2v) is 4.83. The molecule has 0 bridgehead atoms. The Kier molecular flexibility index (Phi) is 6.16. The fourth-order valence-corrected chi connectivity index (χ4v) is 2.05. The number of halogens is 1. The van der Waals surface area contributed by atoms with E-state index in [1.165, 1.54) is 0 Å². The molecule has 1 amide bonds. The molecule has 0 saturated heterocycles. The molecule has 2 unspecified atom stereocenters. The zero-order chi connectivity index (χ0) is 13.5. The smallest absolute Gasteiger partial charge is 0.236 e. The van der Waals surface area contributed by atoms with Crippen LogP contribution in [0.2, 0.25) is 5.02 Å². The minimum absolute atomic E-state index is 0.00469. The van der Waals surface area contributed by atoms with Crippen LogP contribution in [0.4, 0.5) is 0 Å². The Balaban J connectivity index is 2.76. The molecule has 0 fully saturated rings. The normalized spacial score (nSPS) is 14.0. The summed E-state index contributed by atoms with van der Waals surface area (Å²) in [6.07, 6.45) is 2.05. The lowest BCUT2D eigenvalue weighted by Crippen LogP contribution is -2.42. The number of hydrogen-bond donors (Lipinski definition) is 2. The van der Waals surface area contributed by atoms with Crippen molar-refractivity contribution in [1.82, 2.24) is 10.6 Å². The lowest BCUT2D eigenvalue weighted by atomic mass is 10.0. The maximum atomic E-state index is 11.5. The van der Waals surface area contributed by atoms with Gasteiger partial charge in [0.15, 0.2) is 0 Å². The lowest BCUT2D eigenvalue weighted by Gasteiger charge is -2.22. The minimum Gasteiger partial charge on any atom is -0.358 e. The first-order chi connectivity index (χ1) is 8.58. The first-order valence-electron chi connectivity index (χ1n) is 6.31. The SMILES string of the molecule is CCCC(NC(C)C(=O)NC)c1ccc(Cl)cc1. The van der Waals surface area contributed by atoms with Crippen molar-refractivity contribution in [3.63, 3.8) is 0 Å². The second-order valence-electron chi connectivity index (χ2n) is 4.40. The highest BCUT2D eigenvalue weighted by Gasteiger charge is 2.17. The van der Waals surface area contributed by atoms with Crippen LogP contribution in [0.3, 0.4) is 0 Å². The summed E-state index contributed by atoms with van der Waals surface area (Å²) >= 11 is 5.89. The molecular formula is C14H21ClN2O. The van der Waals surface area contributed by atoms with Crippen LogP contribution in [0.1, 0.15) is 38.3 Å². The maximum absolute atomic E-state index is 11.5. The van der Waals surface area contributed by atoms with Crippen molar-refractivity contribution in [2.45, 2.75) is 38.8 Å². The Morgan fingerprint density at radius 3 is 2.44 bits per heavy atom. The Labute approximate surface area is 114 Å². The molecule has 4 heteroatoms. The molecule has 0 saturated carbocycles. The van der Waals surface area contributed by atoms with Crippen LogP contribution in [0.5, 0.6) is 0 Å². The number of carbonyl (C=O) groups excluding carboxylic acids is 1. The summed E-state index contributed by atoms with van der Waals surface area (Å²) < 4.78 is 0. The molecule has 3 nitrogen and oxygen atoms in total. The number of amides is 1. The van der Waals surface area contributed by atoms with Gasteiger partial charge in [-0.3, -0.25) is 10.1 Å². The fourth-order valence-electron chi connectivity index (χ4n) is 1.92. The fraction of sp³-hybridized carbons (Fsp3) is 0.500. The summed E-state index contributed by atoms with van der Waals surface area (Å²) in [5.74, 6) is 0.00469. The van der Waals surface area contributed by atoms with Gasteiger partial charge in [-0.25, -0.2) is 0 Å². The molecule has 0 radical (unpaired) electrons. The summed E-state index contributed by atoms with van der Waals surface area (Å²) in [5.41, 5.74) is 1.16. The van der Waals surface area contributed by atoms with Crippen LogP contribution in [-0.4, -0.2) is 19.0 Å². The number of nitrogens with one attached hydrogen (secondary N) is 2. The van der Waals surface area contributed by atoms with Gasteiger partial charge in [-0.15, -0.1) is 0 Å². The third-order valence-corrected chi connectivity index (χ3v) is 3.19. The van der Waals surface area contributed by atoms with E-state index < -0.39 is 0 Å². The van der Waals surface area contributed by atoms with Crippen LogP contribution in [0, 0.1) is 0 Å². The van der Waals surface area contributed by atoms with E-state index in [0.29, 0.717) is 0 Å². The maximum Gasteiger partial charge on any atom is 0.236 e. The van der Waals surface area contributed by atoms with Gasteiger partial charge < -0.3 is 5.32 Å². The van der Waals surface area contributed by atoms with Crippen molar-refractivity contribution in [1.29, 1.82) is 0 Å².